The molecule has 6 heteroatoms. The van der Waals surface area contributed by atoms with Crippen LogP contribution in [-0.4, -0.2) is 91.8 Å². The molecule has 0 aliphatic carbocycles. The van der Waals surface area contributed by atoms with E-state index >= 15 is 0 Å². The molecular weight excluding hydrogens is 402 g/mol. The predicted molar refractivity (Wildman–Crippen MR) is 127 cm³/mol. The highest BCUT2D eigenvalue weighted by Gasteiger charge is 2.42. The Morgan fingerprint density at radius 2 is 1.91 bits per heavy atom. The summed E-state index contributed by atoms with van der Waals surface area (Å²) in [5.41, 5.74) is 0.977. The van der Waals surface area contributed by atoms with Gasteiger partial charge in [-0.25, -0.2) is 0 Å². The summed E-state index contributed by atoms with van der Waals surface area (Å²) < 4.78 is 11.7. The van der Waals surface area contributed by atoms with Gasteiger partial charge in [-0.1, -0.05) is 26.0 Å². The molecule has 3 saturated heterocycles. The summed E-state index contributed by atoms with van der Waals surface area (Å²) in [4.78, 5) is 20.2. The minimum atomic E-state index is -0.0370. The fourth-order valence-electron chi connectivity index (χ4n) is 5.72. The number of piperazine rings is 1. The fourth-order valence-corrected chi connectivity index (χ4v) is 5.72. The third-order valence-electron chi connectivity index (χ3n) is 7.53. The number of carbonyl (C=O) groups is 1. The van der Waals surface area contributed by atoms with Crippen molar-refractivity contribution in [2.75, 3.05) is 59.5 Å². The maximum Gasteiger partial charge on any atom is 0.226 e. The van der Waals surface area contributed by atoms with Gasteiger partial charge >= 0.3 is 0 Å². The lowest BCUT2D eigenvalue weighted by molar-refractivity contribution is -0.149. The summed E-state index contributed by atoms with van der Waals surface area (Å²) in [5, 5.41) is 0. The molecule has 1 amide bonds. The van der Waals surface area contributed by atoms with E-state index in [4.69, 9.17) is 9.47 Å². The Labute approximate surface area is 193 Å². The van der Waals surface area contributed by atoms with Crippen molar-refractivity contribution in [2.24, 2.45) is 5.92 Å². The van der Waals surface area contributed by atoms with E-state index in [1.807, 2.05) is 29.2 Å². The van der Waals surface area contributed by atoms with Gasteiger partial charge in [-0.2, -0.15) is 0 Å². The number of likely N-dealkylation sites (tertiary alicyclic amines) is 1. The molecule has 0 bridgehead atoms. The minimum Gasteiger partial charge on any atom is -0.497 e. The highest BCUT2D eigenvalue weighted by atomic mass is 16.5. The fraction of sp³-hybridized carbons (Fsp3) is 0.731. The molecule has 6 nitrogen and oxygen atoms in total. The molecule has 178 valence electrons. The van der Waals surface area contributed by atoms with Crippen LogP contribution in [0.25, 0.3) is 0 Å². The molecule has 32 heavy (non-hydrogen) atoms. The third-order valence-corrected chi connectivity index (χ3v) is 7.53. The van der Waals surface area contributed by atoms with E-state index in [1.54, 1.807) is 7.11 Å². The first kappa shape index (κ1) is 23.5. The maximum absolute atomic E-state index is 12.9. The predicted octanol–water partition coefficient (Wildman–Crippen LogP) is 3.05. The zero-order valence-electron chi connectivity index (χ0n) is 20.2. The molecule has 3 aliphatic rings. The van der Waals surface area contributed by atoms with Gasteiger partial charge in [0.15, 0.2) is 0 Å². The lowest BCUT2D eigenvalue weighted by Gasteiger charge is -2.49. The van der Waals surface area contributed by atoms with Gasteiger partial charge < -0.3 is 19.3 Å². The first-order chi connectivity index (χ1) is 15.5. The van der Waals surface area contributed by atoms with Crippen molar-refractivity contribution in [1.29, 1.82) is 0 Å². The van der Waals surface area contributed by atoms with Crippen molar-refractivity contribution in [3.8, 4) is 5.75 Å². The zero-order chi connectivity index (χ0) is 22.6. The number of piperidine rings is 1. The summed E-state index contributed by atoms with van der Waals surface area (Å²) in [7, 11) is 1.66. The molecule has 3 heterocycles. The lowest BCUT2D eigenvalue weighted by Crippen LogP contribution is -2.57. The van der Waals surface area contributed by atoms with E-state index in [0.29, 0.717) is 12.5 Å². The number of carbonyl (C=O) groups excluding carboxylic acids is 1. The highest BCUT2D eigenvalue weighted by molar-refractivity contribution is 5.79. The van der Waals surface area contributed by atoms with Gasteiger partial charge in [-0.3, -0.25) is 9.69 Å². The molecule has 0 saturated carbocycles. The molecule has 3 aliphatic heterocycles. The molecule has 1 aromatic rings. The molecule has 1 aromatic carbocycles. The Morgan fingerprint density at radius 1 is 1.16 bits per heavy atom. The van der Waals surface area contributed by atoms with Crippen molar-refractivity contribution in [3.63, 3.8) is 0 Å². The number of methoxy groups -OCH3 is 1. The standard InChI is InChI=1S/C26H41N3O3/c1-21(2)20-27-12-14-28(15-13-27)23-7-16-32-26(19-23)8-10-29(11-9-26)25(30)18-22-5-4-6-24(17-22)31-3/h4-6,17,21,23H,7-16,18-20H2,1-3H3/t23-/m0/s1. The van der Waals surface area contributed by atoms with Gasteiger partial charge in [-0.05, 0) is 49.3 Å². The first-order valence-electron chi connectivity index (χ1n) is 12.5. The van der Waals surface area contributed by atoms with E-state index < -0.39 is 0 Å². The summed E-state index contributed by atoms with van der Waals surface area (Å²) in [6.45, 7) is 13.0. The molecular formula is C26H41N3O3. The molecule has 0 radical (unpaired) electrons. The Balaban J connectivity index is 1.26. The molecule has 1 spiro atoms. The van der Waals surface area contributed by atoms with E-state index in [0.717, 1.165) is 62.6 Å². The summed E-state index contributed by atoms with van der Waals surface area (Å²) in [5.74, 6) is 1.76. The van der Waals surface area contributed by atoms with Crippen LogP contribution in [0.4, 0.5) is 0 Å². The largest absolute Gasteiger partial charge is 0.497 e. The molecule has 0 N–H and O–H groups in total. The Morgan fingerprint density at radius 3 is 2.59 bits per heavy atom. The first-order valence-corrected chi connectivity index (χ1v) is 12.5. The number of nitrogens with zero attached hydrogens (tertiary/aromatic N) is 3. The monoisotopic (exact) mass is 443 g/mol. The van der Waals surface area contributed by atoms with E-state index in [-0.39, 0.29) is 11.5 Å². The van der Waals surface area contributed by atoms with Gasteiger partial charge in [0, 0.05) is 58.5 Å². The second-order valence-corrected chi connectivity index (χ2v) is 10.3. The van der Waals surface area contributed by atoms with Crippen LogP contribution in [0.15, 0.2) is 24.3 Å². The quantitative estimate of drug-likeness (QED) is 0.676. The minimum absolute atomic E-state index is 0.0370. The van der Waals surface area contributed by atoms with Crippen molar-refractivity contribution >= 4 is 5.91 Å². The Hall–Kier alpha value is -1.63. The third kappa shape index (κ3) is 5.83. The van der Waals surface area contributed by atoms with Crippen LogP contribution in [0.1, 0.15) is 45.1 Å². The van der Waals surface area contributed by atoms with Crippen LogP contribution < -0.4 is 4.74 Å². The van der Waals surface area contributed by atoms with E-state index in [9.17, 15) is 4.79 Å². The molecule has 1 atom stereocenters. The maximum atomic E-state index is 12.9. The SMILES string of the molecule is COc1cccc(CC(=O)N2CCC3(CC2)C[C@@H](N2CCN(CC(C)C)CC2)CCO3)c1. The summed E-state index contributed by atoms with van der Waals surface area (Å²) in [6.07, 6.45) is 4.62. The second kappa shape index (κ2) is 10.5. The summed E-state index contributed by atoms with van der Waals surface area (Å²) in [6, 6.07) is 8.45. The van der Waals surface area contributed by atoms with E-state index in [1.165, 1.54) is 32.7 Å². The van der Waals surface area contributed by atoms with Crippen molar-refractivity contribution < 1.29 is 14.3 Å². The van der Waals surface area contributed by atoms with Gasteiger partial charge in [0.2, 0.25) is 5.91 Å². The van der Waals surface area contributed by atoms with Crippen molar-refractivity contribution in [2.45, 2.75) is 57.6 Å². The van der Waals surface area contributed by atoms with Crippen LogP contribution in [0, 0.1) is 5.92 Å². The van der Waals surface area contributed by atoms with E-state index in [2.05, 4.69) is 23.6 Å². The molecule has 0 unspecified atom stereocenters. The van der Waals surface area contributed by atoms with Gasteiger partial charge in [0.05, 0.1) is 19.1 Å². The number of benzene rings is 1. The van der Waals surface area contributed by atoms with Crippen LogP contribution in [-0.2, 0) is 16.0 Å². The lowest BCUT2D eigenvalue weighted by atomic mass is 9.81. The van der Waals surface area contributed by atoms with Gasteiger partial charge in [-0.15, -0.1) is 0 Å². The number of hydrogen-bond acceptors (Lipinski definition) is 5. The number of hydrogen-bond donors (Lipinski definition) is 0. The highest BCUT2D eigenvalue weighted by Crippen LogP contribution is 2.37. The Bertz CT molecular complexity index is 752. The normalized spacial score (nSPS) is 24.8. The Kier molecular flexibility index (Phi) is 7.74. The number of rotatable bonds is 6. The van der Waals surface area contributed by atoms with Crippen LogP contribution in [0.2, 0.25) is 0 Å². The van der Waals surface area contributed by atoms with Gasteiger partial charge in [0.1, 0.15) is 5.75 Å². The number of amides is 1. The van der Waals surface area contributed by atoms with Crippen molar-refractivity contribution in [3.05, 3.63) is 29.8 Å². The smallest absolute Gasteiger partial charge is 0.226 e. The topological polar surface area (TPSA) is 45.2 Å². The molecule has 0 aromatic heterocycles. The molecule has 3 fully saturated rings. The average Bonchev–Trinajstić information content (AvgIpc) is 2.80. The van der Waals surface area contributed by atoms with Crippen molar-refractivity contribution in [1.82, 2.24) is 14.7 Å². The van der Waals surface area contributed by atoms with Crippen LogP contribution in [0.5, 0.6) is 5.75 Å². The molecule has 4 rings (SSSR count). The van der Waals surface area contributed by atoms with Crippen LogP contribution >= 0.6 is 0 Å². The number of ether oxygens (including phenoxy) is 2. The second-order valence-electron chi connectivity index (χ2n) is 10.3. The zero-order valence-corrected chi connectivity index (χ0v) is 20.2. The average molecular weight is 444 g/mol. The van der Waals surface area contributed by atoms with Crippen LogP contribution in [0.3, 0.4) is 0 Å². The summed E-state index contributed by atoms with van der Waals surface area (Å²) >= 11 is 0. The van der Waals surface area contributed by atoms with Gasteiger partial charge in [0.25, 0.3) is 0 Å².